The summed E-state index contributed by atoms with van der Waals surface area (Å²) < 4.78 is 5.59. The lowest BCUT2D eigenvalue weighted by Crippen LogP contribution is -2.20. The van der Waals surface area contributed by atoms with E-state index in [0.717, 1.165) is 28.1 Å². The fourth-order valence-electron chi connectivity index (χ4n) is 2.81. The van der Waals surface area contributed by atoms with Crippen molar-refractivity contribution in [3.05, 3.63) is 88.4 Å². The van der Waals surface area contributed by atoms with Crippen LogP contribution in [0.5, 0.6) is 5.75 Å². The van der Waals surface area contributed by atoms with Crippen molar-refractivity contribution in [1.82, 2.24) is 0 Å². The monoisotopic (exact) mass is 394 g/mol. The molecule has 3 rings (SSSR count). The largest absolute Gasteiger partial charge is 0.482 e. The van der Waals surface area contributed by atoms with Gasteiger partial charge >= 0.3 is 0 Å². The summed E-state index contributed by atoms with van der Waals surface area (Å²) in [6.07, 6.45) is 0. The van der Waals surface area contributed by atoms with Crippen LogP contribution in [0.2, 0.25) is 5.02 Å². The molecule has 1 amide bonds. The van der Waals surface area contributed by atoms with Gasteiger partial charge in [-0.1, -0.05) is 53.6 Å². The van der Waals surface area contributed by atoms with Crippen molar-refractivity contribution < 1.29 is 9.53 Å². The highest BCUT2D eigenvalue weighted by atomic mass is 35.5. The van der Waals surface area contributed by atoms with Gasteiger partial charge in [-0.05, 0) is 55.3 Å². The van der Waals surface area contributed by atoms with Crippen LogP contribution in [0.4, 0.5) is 11.4 Å². The number of nitrogens with one attached hydrogen (secondary N) is 2. The first-order valence-electron chi connectivity index (χ1n) is 9.08. The molecule has 144 valence electrons. The van der Waals surface area contributed by atoms with E-state index < -0.39 is 0 Å². The van der Waals surface area contributed by atoms with E-state index >= 15 is 0 Å². The van der Waals surface area contributed by atoms with Crippen molar-refractivity contribution in [1.29, 1.82) is 0 Å². The van der Waals surface area contributed by atoms with Crippen molar-refractivity contribution in [3.63, 3.8) is 0 Å². The smallest absolute Gasteiger partial charge is 0.262 e. The van der Waals surface area contributed by atoms with Crippen molar-refractivity contribution in [2.45, 2.75) is 20.4 Å². The van der Waals surface area contributed by atoms with Crippen LogP contribution in [0, 0.1) is 13.8 Å². The van der Waals surface area contributed by atoms with E-state index in [1.54, 1.807) is 6.07 Å². The molecule has 0 bridgehead atoms. The quantitative estimate of drug-likeness (QED) is 0.549. The van der Waals surface area contributed by atoms with E-state index in [9.17, 15) is 4.79 Å². The van der Waals surface area contributed by atoms with Crippen molar-refractivity contribution in [2.24, 2.45) is 0 Å². The van der Waals surface area contributed by atoms with E-state index in [1.807, 2.05) is 74.5 Å². The highest BCUT2D eigenvalue weighted by Crippen LogP contribution is 2.26. The molecule has 0 aliphatic heterocycles. The van der Waals surface area contributed by atoms with E-state index in [0.29, 0.717) is 17.3 Å². The number of ether oxygens (including phenoxy) is 1. The Morgan fingerprint density at radius 3 is 2.50 bits per heavy atom. The van der Waals surface area contributed by atoms with Crippen LogP contribution >= 0.6 is 11.6 Å². The number of rotatable bonds is 7. The summed E-state index contributed by atoms with van der Waals surface area (Å²) >= 11 is 6.31. The molecule has 0 aliphatic rings. The molecule has 0 fully saturated rings. The highest BCUT2D eigenvalue weighted by molar-refractivity contribution is 6.32. The normalized spacial score (nSPS) is 10.4. The fourth-order valence-corrected chi connectivity index (χ4v) is 3.07. The predicted octanol–water partition coefficient (Wildman–Crippen LogP) is 5.59. The number of anilines is 2. The lowest BCUT2D eigenvalue weighted by atomic mass is 10.1. The van der Waals surface area contributed by atoms with E-state index in [4.69, 9.17) is 16.3 Å². The van der Waals surface area contributed by atoms with Gasteiger partial charge in [0.05, 0.1) is 5.02 Å². The first kappa shape index (κ1) is 19.8. The summed E-state index contributed by atoms with van der Waals surface area (Å²) in [7, 11) is 0. The summed E-state index contributed by atoms with van der Waals surface area (Å²) in [5.74, 6) is 0.263. The first-order chi connectivity index (χ1) is 13.5. The van der Waals surface area contributed by atoms with Crippen LogP contribution in [0.3, 0.4) is 0 Å². The third-order valence-electron chi connectivity index (χ3n) is 4.28. The molecule has 0 saturated heterocycles. The van der Waals surface area contributed by atoms with Gasteiger partial charge in [0.2, 0.25) is 0 Å². The lowest BCUT2D eigenvalue weighted by molar-refractivity contribution is -0.118. The molecule has 0 heterocycles. The maximum absolute atomic E-state index is 12.2. The molecule has 0 unspecified atom stereocenters. The zero-order valence-corrected chi connectivity index (χ0v) is 16.7. The number of carbonyl (C=O) groups excluding carboxylic acids is 1. The number of para-hydroxylation sites is 1. The summed E-state index contributed by atoms with van der Waals surface area (Å²) in [5, 5.41) is 6.67. The number of amides is 1. The summed E-state index contributed by atoms with van der Waals surface area (Å²) in [5.41, 5.74) is 5.03. The number of hydrogen-bond donors (Lipinski definition) is 2. The van der Waals surface area contributed by atoms with Gasteiger partial charge in [0.1, 0.15) is 5.75 Å². The van der Waals surface area contributed by atoms with Crippen LogP contribution in [-0.2, 0) is 11.3 Å². The van der Waals surface area contributed by atoms with E-state index in [2.05, 4.69) is 10.6 Å². The molecule has 5 heteroatoms. The SMILES string of the molecule is Cc1ccc(NC(=O)COc2ccc(CNc3ccccc3)cc2Cl)c(C)c1. The zero-order chi connectivity index (χ0) is 19.9. The second-order valence-corrected chi connectivity index (χ2v) is 7.05. The standard InChI is InChI=1S/C23H23ClN2O2/c1-16-8-10-21(17(2)12-16)26-23(27)15-28-22-11-9-18(13-20(22)24)14-25-19-6-4-3-5-7-19/h3-13,25H,14-15H2,1-2H3,(H,26,27). The highest BCUT2D eigenvalue weighted by Gasteiger charge is 2.09. The Balaban J connectivity index is 1.53. The number of hydrogen-bond acceptors (Lipinski definition) is 3. The van der Waals surface area contributed by atoms with Crippen LogP contribution in [-0.4, -0.2) is 12.5 Å². The molecule has 28 heavy (non-hydrogen) atoms. The minimum atomic E-state index is -0.224. The maximum Gasteiger partial charge on any atom is 0.262 e. The van der Waals surface area contributed by atoms with Crippen molar-refractivity contribution >= 4 is 28.9 Å². The van der Waals surface area contributed by atoms with Crippen LogP contribution in [0.25, 0.3) is 0 Å². The number of aryl methyl sites for hydroxylation is 2. The van der Waals surface area contributed by atoms with Gasteiger partial charge in [-0.15, -0.1) is 0 Å². The Kier molecular flexibility index (Phi) is 6.56. The fraction of sp³-hybridized carbons (Fsp3) is 0.174. The van der Waals surface area contributed by atoms with Gasteiger partial charge in [0.25, 0.3) is 5.91 Å². The average Bonchev–Trinajstić information content (AvgIpc) is 2.68. The Morgan fingerprint density at radius 2 is 1.79 bits per heavy atom. The minimum Gasteiger partial charge on any atom is -0.482 e. The van der Waals surface area contributed by atoms with Crippen molar-refractivity contribution in [3.8, 4) is 5.75 Å². The molecule has 3 aromatic rings. The molecule has 3 aromatic carbocycles. The molecule has 0 saturated carbocycles. The molecule has 0 spiro atoms. The summed E-state index contributed by atoms with van der Waals surface area (Å²) in [6, 6.07) is 21.4. The maximum atomic E-state index is 12.2. The molecule has 0 radical (unpaired) electrons. The number of halogens is 1. The lowest BCUT2D eigenvalue weighted by Gasteiger charge is -2.12. The van der Waals surface area contributed by atoms with Crippen LogP contribution in [0.1, 0.15) is 16.7 Å². The topological polar surface area (TPSA) is 50.4 Å². The summed E-state index contributed by atoms with van der Waals surface area (Å²) in [4.78, 5) is 12.2. The van der Waals surface area contributed by atoms with Crippen molar-refractivity contribution in [2.75, 3.05) is 17.2 Å². The Hall–Kier alpha value is -2.98. The third-order valence-corrected chi connectivity index (χ3v) is 4.58. The molecule has 0 aliphatic carbocycles. The molecule has 0 aromatic heterocycles. The Morgan fingerprint density at radius 1 is 1.00 bits per heavy atom. The number of benzene rings is 3. The van der Waals surface area contributed by atoms with Gasteiger partial charge in [-0.2, -0.15) is 0 Å². The molecule has 4 nitrogen and oxygen atoms in total. The van der Waals surface area contributed by atoms with Gasteiger partial charge in [0, 0.05) is 17.9 Å². The van der Waals surface area contributed by atoms with Gasteiger partial charge in [0.15, 0.2) is 6.61 Å². The zero-order valence-electron chi connectivity index (χ0n) is 16.0. The number of carbonyl (C=O) groups is 1. The molecular formula is C23H23ClN2O2. The van der Waals surface area contributed by atoms with Gasteiger partial charge < -0.3 is 15.4 Å². The van der Waals surface area contributed by atoms with Gasteiger partial charge in [-0.25, -0.2) is 0 Å². The Labute approximate surface area is 170 Å². The van der Waals surface area contributed by atoms with Gasteiger partial charge in [-0.3, -0.25) is 4.79 Å². The predicted molar refractivity (Wildman–Crippen MR) is 115 cm³/mol. The van der Waals surface area contributed by atoms with E-state index in [-0.39, 0.29) is 12.5 Å². The third kappa shape index (κ3) is 5.51. The molecule has 0 atom stereocenters. The van der Waals surface area contributed by atoms with E-state index in [1.165, 1.54) is 0 Å². The second-order valence-electron chi connectivity index (χ2n) is 6.64. The van der Waals surface area contributed by atoms with Crippen LogP contribution < -0.4 is 15.4 Å². The second kappa shape index (κ2) is 9.29. The summed E-state index contributed by atoms with van der Waals surface area (Å²) in [6.45, 7) is 4.52. The molecular weight excluding hydrogens is 372 g/mol. The Bertz CT molecular complexity index is 958. The van der Waals surface area contributed by atoms with Crippen LogP contribution in [0.15, 0.2) is 66.7 Å². The average molecular weight is 395 g/mol. The first-order valence-corrected chi connectivity index (χ1v) is 9.46. The minimum absolute atomic E-state index is 0.103. The molecule has 2 N–H and O–H groups in total.